The first kappa shape index (κ1) is 14.4. The third kappa shape index (κ3) is 3.28. The molecule has 7 heteroatoms. The number of carbonyl (C=O) groups is 2. The molecule has 0 aromatic carbocycles. The highest BCUT2D eigenvalue weighted by Crippen LogP contribution is 2.09. The third-order valence-electron chi connectivity index (χ3n) is 3.23. The second-order valence-corrected chi connectivity index (χ2v) is 4.83. The molecule has 0 spiro atoms. The van der Waals surface area contributed by atoms with Gasteiger partial charge in [0.15, 0.2) is 5.69 Å². The van der Waals surface area contributed by atoms with E-state index in [1.165, 1.54) is 0 Å². The van der Waals surface area contributed by atoms with E-state index in [0.29, 0.717) is 44.2 Å². The van der Waals surface area contributed by atoms with Crippen molar-refractivity contribution in [2.75, 3.05) is 32.7 Å². The molecule has 0 aliphatic carbocycles. The van der Waals surface area contributed by atoms with Crippen LogP contribution in [0.25, 0.3) is 0 Å². The maximum Gasteiger partial charge on any atom is 0.317 e. The Morgan fingerprint density at radius 2 is 1.95 bits per heavy atom. The molecular weight excluding hydrogens is 260 g/mol. The van der Waals surface area contributed by atoms with Crippen LogP contribution in [-0.2, 0) is 0 Å². The van der Waals surface area contributed by atoms with Crippen molar-refractivity contribution in [1.29, 1.82) is 0 Å². The Balaban J connectivity index is 1.85. The zero-order valence-electron chi connectivity index (χ0n) is 11.9. The van der Waals surface area contributed by atoms with Gasteiger partial charge in [-0.2, -0.15) is 0 Å². The van der Waals surface area contributed by atoms with Crippen LogP contribution in [0.4, 0.5) is 4.79 Å². The first-order chi connectivity index (χ1) is 9.61. The third-order valence-corrected chi connectivity index (χ3v) is 3.23. The van der Waals surface area contributed by atoms with Crippen molar-refractivity contribution < 1.29 is 14.1 Å². The number of rotatable bonds is 3. The molecule has 1 aromatic rings. The molecule has 0 saturated carbocycles. The maximum atomic E-state index is 12.1. The monoisotopic (exact) mass is 280 g/mol. The zero-order chi connectivity index (χ0) is 14.5. The molecule has 7 nitrogen and oxygen atoms in total. The summed E-state index contributed by atoms with van der Waals surface area (Å²) in [6.45, 7) is 6.55. The topological polar surface area (TPSA) is 78.7 Å². The van der Waals surface area contributed by atoms with Crippen LogP contribution in [-0.4, -0.2) is 59.6 Å². The molecule has 1 aromatic heterocycles. The molecule has 110 valence electrons. The second kappa shape index (κ2) is 6.40. The molecule has 1 fully saturated rings. The minimum absolute atomic E-state index is 0.0590. The van der Waals surface area contributed by atoms with Crippen molar-refractivity contribution in [2.24, 2.45) is 0 Å². The molecule has 0 atom stereocenters. The van der Waals surface area contributed by atoms with Gasteiger partial charge in [-0.1, -0.05) is 12.1 Å². The van der Waals surface area contributed by atoms with Gasteiger partial charge < -0.3 is 19.6 Å². The lowest BCUT2D eigenvalue weighted by atomic mass is 10.2. The van der Waals surface area contributed by atoms with Gasteiger partial charge in [-0.25, -0.2) is 4.79 Å². The summed E-state index contributed by atoms with van der Waals surface area (Å²) < 4.78 is 4.91. The first-order valence-corrected chi connectivity index (χ1v) is 6.87. The van der Waals surface area contributed by atoms with Gasteiger partial charge in [-0.05, 0) is 13.3 Å². The number of hydrogen-bond acceptors (Lipinski definition) is 4. The van der Waals surface area contributed by atoms with Crippen LogP contribution in [0.5, 0.6) is 0 Å². The van der Waals surface area contributed by atoms with Crippen molar-refractivity contribution in [3.05, 3.63) is 17.5 Å². The lowest BCUT2D eigenvalue weighted by molar-refractivity contribution is 0.0655. The van der Waals surface area contributed by atoms with E-state index in [2.05, 4.69) is 10.5 Å². The maximum absolute atomic E-state index is 12.1. The summed E-state index contributed by atoms with van der Waals surface area (Å²) in [6.07, 6.45) is 0.912. The van der Waals surface area contributed by atoms with E-state index in [-0.39, 0.29) is 11.9 Å². The van der Waals surface area contributed by atoms with Crippen molar-refractivity contribution in [1.82, 2.24) is 20.3 Å². The molecule has 1 saturated heterocycles. The first-order valence-electron chi connectivity index (χ1n) is 6.87. The number of nitrogens with one attached hydrogen (secondary N) is 1. The number of amides is 3. The van der Waals surface area contributed by atoms with E-state index in [9.17, 15) is 9.59 Å². The molecule has 0 unspecified atom stereocenters. The Morgan fingerprint density at radius 1 is 1.30 bits per heavy atom. The summed E-state index contributed by atoms with van der Waals surface area (Å²) >= 11 is 0. The molecule has 3 amide bonds. The predicted molar refractivity (Wildman–Crippen MR) is 72.4 cm³/mol. The van der Waals surface area contributed by atoms with Crippen LogP contribution in [0, 0.1) is 6.92 Å². The summed E-state index contributed by atoms with van der Waals surface area (Å²) in [5.74, 6) is 0.474. The smallest absolute Gasteiger partial charge is 0.317 e. The second-order valence-electron chi connectivity index (χ2n) is 4.83. The van der Waals surface area contributed by atoms with Gasteiger partial charge in [0.25, 0.3) is 5.91 Å². The van der Waals surface area contributed by atoms with Crippen molar-refractivity contribution in [3.8, 4) is 0 Å². The number of hydrogen-bond donors (Lipinski definition) is 1. The van der Waals surface area contributed by atoms with Crippen LogP contribution in [0.1, 0.15) is 29.6 Å². The molecule has 0 bridgehead atoms. The van der Waals surface area contributed by atoms with Gasteiger partial charge in [-0.3, -0.25) is 4.79 Å². The summed E-state index contributed by atoms with van der Waals surface area (Å²) in [7, 11) is 0. The fourth-order valence-electron chi connectivity index (χ4n) is 2.09. The highest BCUT2D eigenvalue weighted by molar-refractivity contribution is 5.92. The van der Waals surface area contributed by atoms with Crippen molar-refractivity contribution >= 4 is 11.9 Å². The van der Waals surface area contributed by atoms with Gasteiger partial charge in [0.1, 0.15) is 5.76 Å². The minimum atomic E-state index is -0.143. The van der Waals surface area contributed by atoms with Gasteiger partial charge in [-0.15, -0.1) is 0 Å². The fourth-order valence-corrected chi connectivity index (χ4v) is 2.09. The highest BCUT2D eigenvalue weighted by atomic mass is 16.5. The van der Waals surface area contributed by atoms with E-state index < -0.39 is 0 Å². The van der Waals surface area contributed by atoms with Gasteiger partial charge in [0.05, 0.1) is 0 Å². The molecular formula is C13H20N4O3. The normalized spacial score (nSPS) is 15.3. The van der Waals surface area contributed by atoms with Crippen LogP contribution in [0.2, 0.25) is 0 Å². The quantitative estimate of drug-likeness (QED) is 0.890. The average Bonchev–Trinajstić information content (AvgIpc) is 2.90. The molecule has 20 heavy (non-hydrogen) atoms. The van der Waals surface area contributed by atoms with E-state index in [0.717, 1.165) is 6.42 Å². The van der Waals surface area contributed by atoms with Crippen LogP contribution in [0.3, 0.4) is 0 Å². The number of nitrogens with zero attached hydrogens (tertiary/aromatic N) is 3. The largest absolute Gasteiger partial charge is 0.361 e. The number of piperazine rings is 1. The zero-order valence-corrected chi connectivity index (χ0v) is 11.9. The highest BCUT2D eigenvalue weighted by Gasteiger charge is 2.26. The standard InChI is InChI=1S/C13H20N4O3/c1-3-4-14-13(19)17-7-5-16(6-8-17)12(18)11-9-10(2)20-15-11/h9H,3-8H2,1-2H3,(H,14,19). The SMILES string of the molecule is CCCNC(=O)N1CCN(C(=O)c2cc(C)on2)CC1. The van der Waals surface area contributed by atoms with E-state index in [1.807, 2.05) is 6.92 Å². The predicted octanol–water partition coefficient (Wildman–Crippen LogP) is 0.860. The summed E-state index contributed by atoms with van der Waals surface area (Å²) in [4.78, 5) is 27.4. The Bertz CT molecular complexity index is 478. The minimum Gasteiger partial charge on any atom is -0.361 e. The van der Waals surface area contributed by atoms with Crippen LogP contribution >= 0.6 is 0 Å². The van der Waals surface area contributed by atoms with Gasteiger partial charge in [0, 0.05) is 38.8 Å². The average molecular weight is 280 g/mol. The van der Waals surface area contributed by atoms with Crippen molar-refractivity contribution in [2.45, 2.75) is 20.3 Å². The Labute approximate surface area is 117 Å². The lowest BCUT2D eigenvalue weighted by Gasteiger charge is -2.34. The number of aryl methyl sites for hydroxylation is 1. The van der Waals surface area contributed by atoms with E-state index in [4.69, 9.17) is 4.52 Å². The number of aromatic nitrogens is 1. The molecule has 1 aliphatic rings. The number of urea groups is 1. The van der Waals surface area contributed by atoms with Crippen LogP contribution in [0.15, 0.2) is 10.6 Å². The fraction of sp³-hybridized carbons (Fsp3) is 0.615. The lowest BCUT2D eigenvalue weighted by Crippen LogP contribution is -2.53. The Morgan fingerprint density at radius 3 is 2.50 bits per heavy atom. The summed E-state index contributed by atoms with van der Waals surface area (Å²) in [5.41, 5.74) is 0.325. The summed E-state index contributed by atoms with van der Waals surface area (Å²) in [5, 5.41) is 6.56. The van der Waals surface area contributed by atoms with E-state index >= 15 is 0 Å². The molecule has 1 N–H and O–H groups in total. The van der Waals surface area contributed by atoms with Gasteiger partial charge >= 0.3 is 6.03 Å². The molecule has 2 heterocycles. The van der Waals surface area contributed by atoms with Crippen LogP contribution < -0.4 is 5.32 Å². The van der Waals surface area contributed by atoms with Crippen molar-refractivity contribution in [3.63, 3.8) is 0 Å². The van der Waals surface area contributed by atoms with E-state index in [1.54, 1.807) is 22.8 Å². The molecule has 1 aliphatic heterocycles. The Kier molecular flexibility index (Phi) is 4.60. The molecule has 2 rings (SSSR count). The number of carbonyl (C=O) groups excluding carboxylic acids is 2. The Hall–Kier alpha value is -2.05. The summed E-state index contributed by atoms with van der Waals surface area (Å²) in [6, 6.07) is 1.57. The molecule has 0 radical (unpaired) electrons. The van der Waals surface area contributed by atoms with Gasteiger partial charge in [0.2, 0.25) is 0 Å².